The van der Waals surface area contributed by atoms with Gasteiger partial charge >= 0.3 is 0 Å². The lowest BCUT2D eigenvalue weighted by Crippen LogP contribution is -2.15. The van der Waals surface area contributed by atoms with Crippen LogP contribution in [0, 0.1) is 0 Å². The third-order valence-electron chi connectivity index (χ3n) is 2.68. The van der Waals surface area contributed by atoms with E-state index in [4.69, 9.17) is 0 Å². The average Bonchev–Trinajstić information content (AvgIpc) is 2.27. The number of rotatable bonds is 4. The molecule has 1 aromatic rings. The molecule has 0 N–H and O–H groups in total. The Hall–Kier alpha value is -1.37. The normalized spacial score (nSPS) is 12.6. The van der Waals surface area contributed by atoms with Gasteiger partial charge in [0.2, 0.25) is 0 Å². The van der Waals surface area contributed by atoms with Crippen LogP contribution in [-0.4, -0.2) is 6.29 Å². The number of allylic oxidation sites excluding steroid dienone is 2. The van der Waals surface area contributed by atoms with E-state index in [0.29, 0.717) is 0 Å². The Balaban J connectivity index is 2.80. The van der Waals surface area contributed by atoms with Crippen LogP contribution >= 0.6 is 0 Å². The molecule has 0 aliphatic rings. The SMILES string of the molecule is CC(C=O)=CCC(C)(C)c1ccccc1. The van der Waals surface area contributed by atoms with Gasteiger partial charge in [0.15, 0.2) is 0 Å². The predicted octanol–water partition coefficient (Wildman–Crippen LogP) is 3.50. The summed E-state index contributed by atoms with van der Waals surface area (Å²) in [7, 11) is 0. The van der Waals surface area contributed by atoms with Crippen LogP contribution in [0.25, 0.3) is 0 Å². The summed E-state index contributed by atoms with van der Waals surface area (Å²) in [4.78, 5) is 10.5. The lowest BCUT2D eigenvalue weighted by Gasteiger charge is -2.23. The third-order valence-corrected chi connectivity index (χ3v) is 2.68. The zero-order chi connectivity index (χ0) is 11.3. The summed E-state index contributed by atoms with van der Waals surface area (Å²) in [5.41, 5.74) is 2.20. The van der Waals surface area contributed by atoms with Crippen molar-refractivity contribution in [2.45, 2.75) is 32.6 Å². The fourth-order valence-corrected chi connectivity index (χ4v) is 1.47. The fraction of sp³-hybridized carbons (Fsp3) is 0.357. The average molecular weight is 202 g/mol. The van der Waals surface area contributed by atoms with Crippen LogP contribution in [0.5, 0.6) is 0 Å². The van der Waals surface area contributed by atoms with Crippen molar-refractivity contribution in [3.05, 3.63) is 47.5 Å². The molecule has 0 amide bonds. The van der Waals surface area contributed by atoms with Gasteiger partial charge in [-0.2, -0.15) is 0 Å². The van der Waals surface area contributed by atoms with Gasteiger partial charge in [0, 0.05) is 0 Å². The number of benzene rings is 1. The highest BCUT2D eigenvalue weighted by atomic mass is 16.1. The van der Waals surface area contributed by atoms with Crippen molar-refractivity contribution in [2.24, 2.45) is 0 Å². The van der Waals surface area contributed by atoms with Gasteiger partial charge in [0.1, 0.15) is 6.29 Å². The predicted molar refractivity (Wildman–Crippen MR) is 63.9 cm³/mol. The maximum Gasteiger partial charge on any atom is 0.145 e. The van der Waals surface area contributed by atoms with Crippen LogP contribution in [0.15, 0.2) is 42.0 Å². The molecule has 1 nitrogen and oxygen atoms in total. The quantitative estimate of drug-likeness (QED) is 0.539. The molecule has 0 aromatic heterocycles. The molecule has 0 saturated heterocycles. The zero-order valence-electron chi connectivity index (χ0n) is 9.66. The van der Waals surface area contributed by atoms with E-state index in [1.165, 1.54) is 5.56 Å². The van der Waals surface area contributed by atoms with Gasteiger partial charge < -0.3 is 0 Å². The molecule has 0 fully saturated rings. The molecule has 0 aliphatic heterocycles. The summed E-state index contributed by atoms with van der Waals surface area (Å²) in [5.74, 6) is 0. The Morgan fingerprint density at radius 1 is 1.27 bits per heavy atom. The Kier molecular flexibility index (Phi) is 3.84. The Morgan fingerprint density at radius 2 is 1.87 bits per heavy atom. The minimum absolute atomic E-state index is 0.0888. The molecule has 1 aromatic carbocycles. The van der Waals surface area contributed by atoms with Gasteiger partial charge in [-0.25, -0.2) is 0 Å². The monoisotopic (exact) mass is 202 g/mol. The van der Waals surface area contributed by atoms with E-state index in [0.717, 1.165) is 18.3 Å². The van der Waals surface area contributed by atoms with Crippen molar-refractivity contribution in [1.82, 2.24) is 0 Å². The van der Waals surface area contributed by atoms with Crippen LogP contribution < -0.4 is 0 Å². The highest BCUT2D eigenvalue weighted by molar-refractivity contribution is 5.72. The summed E-state index contributed by atoms with van der Waals surface area (Å²) >= 11 is 0. The fourth-order valence-electron chi connectivity index (χ4n) is 1.47. The van der Waals surface area contributed by atoms with E-state index < -0.39 is 0 Å². The number of carbonyl (C=O) groups is 1. The molecule has 0 saturated carbocycles. The van der Waals surface area contributed by atoms with E-state index in [2.05, 4.69) is 26.0 Å². The molecular formula is C14H18O. The standard InChI is InChI=1S/C14H18O/c1-12(11-15)9-10-14(2,3)13-7-5-4-6-8-13/h4-9,11H,10H2,1-3H3. The second kappa shape index (κ2) is 4.92. The zero-order valence-corrected chi connectivity index (χ0v) is 9.66. The largest absolute Gasteiger partial charge is 0.298 e. The molecular weight excluding hydrogens is 184 g/mol. The van der Waals surface area contributed by atoms with Gasteiger partial charge in [0.25, 0.3) is 0 Å². The summed E-state index contributed by atoms with van der Waals surface area (Å²) in [5, 5.41) is 0. The molecule has 0 atom stereocenters. The second-order valence-electron chi connectivity index (χ2n) is 4.52. The van der Waals surface area contributed by atoms with Crippen LogP contribution in [0.4, 0.5) is 0 Å². The van der Waals surface area contributed by atoms with Crippen molar-refractivity contribution in [3.63, 3.8) is 0 Å². The number of carbonyl (C=O) groups excluding carboxylic acids is 1. The van der Waals surface area contributed by atoms with Crippen LogP contribution in [0.2, 0.25) is 0 Å². The minimum Gasteiger partial charge on any atom is -0.298 e. The number of hydrogen-bond donors (Lipinski definition) is 0. The van der Waals surface area contributed by atoms with E-state index in [9.17, 15) is 4.79 Å². The molecule has 0 unspecified atom stereocenters. The Morgan fingerprint density at radius 3 is 2.40 bits per heavy atom. The maximum atomic E-state index is 10.5. The first-order valence-corrected chi connectivity index (χ1v) is 5.24. The van der Waals surface area contributed by atoms with Crippen molar-refractivity contribution in [1.29, 1.82) is 0 Å². The third kappa shape index (κ3) is 3.35. The summed E-state index contributed by atoms with van der Waals surface area (Å²) in [6.07, 6.45) is 3.79. The van der Waals surface area contributed by atoms with Crippen molar-refractivity contribution >= 4 is 6.29 Å². The first-order valence-electron chi connectivity index (χ1n) is 5.24. The lowest BCUT2D eigenvalue weighted by atomic mass is 9.81. The molecule has 15 heavy (non-hydrogen) atoms. The molecule has 0 bridgehead atoms. The molecule has 1 rings (SSSR count). The van der Waals surface area contributed by atoms with Gasteiger partial charge in [-0.1, -0.05) is 50.3 Å². The topological polar surface area (TPSA) is 17.1 Å². The van der Waals surface area contributed by atoms with Gasteiger partial charge in [0.05, 0.1) is 0 Å². The van der Waals surface area contributed by atoms with E-state index in [1.807, 2.05) is 31.2 Å². The minimum atomic E-state index is 0.0888. The molecule has 0 spiro atoms. The van der Waals surface area contributed by atoms with Gasteiger partial charge in [-0.05, 0) is 29.9 Å². The summed E-state index contributed by atoms with van der Waals surface area (Å²) < 4.78 is 0. The molecule has 1 heteroatoms. The molecule has 80 valence electrons. The van der Waals surface area contributed by atoms with Crippen LogP contribution in [0.3, 0.4) is 0 Å². The Bertz CT molecular complexity index is 347. The molecule has 0 radical (unpaired) electrons. The van der Waals surface area contributed by atoms with E-state index >= 15 is 0 Å². The van der Waals surface area contributed by atoms with E-state index in [-0.39, 0.29) is 5.41 Å². The van der Waals surface area contributed by atoms with Crippen LogP contribution in [0.1, 0.15) is 32.8 Å². The van der Waals surface area contributed by atoms with Crippen molar-refractivity contribution < 1.29 is 4.79 Å². The highest BCUT2D eigenvalue weighted by Crippen LogP contribution is 2.27. The second-order valence-corrected chi connectivity index (χ2v) is 4.52. The highest BCUT2D eigenvalue weighted by Gasteiger charge is 2.18. The first kappa shape index (κ1) is 11.7. The lowest BCUT2D eigenvalue weighted by molar-refractivity contribution is -0.104. The van der Waals surface area contributed by atoms with Gasteiger partial charge in [-0.3, -0.25) is 4.79 Å². The first-order chi connectivity index (χ1) is 7.06. The van der Waals surface area contributed by atoms with Crippen molar-refractivity contribution in [2.75, 3.05) is 0 Å². The summed E-state index contributed by atoms with van der Waals surface area (Å²) in [6.45, 7) is 6.22. The van der Waals surface area contributed by atoms with Crippen LogP contribution in [-0.2, 0) is 10.2 Å². The number of hydrogen-bond acceptors (Lipinski definition) is 1. The van der Waals surface area contributed by atoms with Crippen molar-refractivity contribution in [3.8, 4) is 0 Å². The number of aldehydes is 1. The smallest absolute Gasteiger partial charge is 0.145 e. The maximum absolute atomic E-state index is 10.5. The van der Waals surface area contributed by atoms with Gasteiger partial charge in [-0.15, -0.1) is 0 Å². The molecule has 0 heterocycles. The summed E-state index contributed by atoms with van der Waals surface area (Å²) in [6, 6.07) is 10.4. The Labute approximate surface area is 91.8 Å². The van der Waals surface area contributed by atoms with E-state index in [1.54, 1.807) is 0 Å². The molecule has 0 aliphatic carbocycles.